The maximum Gasteiger partial charge on any atom is 0.161 e. The number of rotatable bonds is 1. The summed E-state index contributed by atoms with van der Waals surface area (Å²) in [5.74, 6) is 1.75. The lowest BCUT2D eigenvalue weighted by Crippen LogP contribution is -2.42. The molecule has 0 saturated carbocycles. The zero-order valence-corrected chi connectivity index (χ0v) is 10.9. The predicted octanol–water partition coefficient (Wildman–Crippen LogP) is 3.38. The van der Waals surface area contributed by atoms with Crippen LogP contribution in [0.15, 0.2) is 11.6 Å². The molecular weight excluding hydrogens is 200 g/mol. The molecule has 92 valence electrons. The van der Waals surface area contributed by atoms with Crippen LogP contribution < -0.4 is 0 Å². The first-order chi connectivity index (χ1) is 7.58. The molecule has 1 aliphatic heterocycles. The van der Waals surface area contributed by atoms with Crippen LogP contribution in [0.25, 0.3) is 0 Å². The van der Waals surface area contributed by atoms with Crippen molar-refractivity contribution in [3.63, 3.8) is 0 Å². The molecule has 0 amide bonds. The zero-order valence-electron chi connectivity index (χ0n) is 10.9. The van der Waals surface area contributed by atoms with Crippen LogP contribution in [0.1, 0.15) is 40.5 Å². The lowest BCUT2D eigenvalue weighted by molar-refractivity contribution is -0.243. The third-order valence-corrected chi connectivity index (χ3v) is 3.94. The summed E-state index contributed by atoms with van der Waals surface area (Å²) < 4.78 is 11.8. The fourth-order valence-electron chi connectivity index (χ4n) is 3.19. The van der Waals surface area contributed by atoms with E-state index < -0.39 is 0 Å². The van der Waals surface area contributed by atoms with Crippen molar-refractivity contribution in [1.29, 1.82) is 0 Å². The Balaban J connectivity index is 2.07. The summed E-state index contributed by atoms with van der Waals surface area (Å²) in [6, 6.07) is 0. The fourth-order valence-corrected chi connectivity index (χ4v) is 3.19. The van der Waals surface area contributed by atoms with E-state index in [1.165, 1.54) is 12.0 Å². The minimum Gasteiger partial charge on any atom is -0.352 e. The number of allylic oxidation sites excluding steroid dienone is 2. The highest BCUT2D eigenvalue weighted by Crippen LogP contribution is 2.38. The molecule has 5 atom stereocenters. The lowest BCUT2D eigenvalue weighted by atomic mass is 9.74. The van der Waals surface area contributed by atoms with Crippen molar-refractivity contribution in [3.8, 4) is 0 Å². The zero-order chi connectivity index (χ0) is 11.7. The molecule has 0 spiro atoms. The summed E-state index contributed by atoms with van der Waals surface area (Å²) in [4.78, 5) is 0. The SMILES string of the molecule is CC1=C[C@H](C)[C@H]([C@@H]2OCC[C@H](C)O2)[C@H](C)C1. The maximum atomic E-state index is 5.95. The van der Waals surface area contributed by atoms with Gasteiger partial charge in [-0.1, -0.05) is 25.5 Å². The molecule has 2 aliphatic rings. The Hall–Kier alpha value is -0.340. The molecule has 0 radical (unpaired) electrons. The minimum atomic E-state index is 0.0121. The van der Waals surface area contributed by atoms with Crippen LogP contribution in [-0.4, -0.2) is 19.0 Å². The molecule has 0 N–H and O–H groups in total. The summed E-state index contributed by atoms with van der Waals surface area (Å²) in [5.41, 5.74) is 1.51. The molecule has 16 heavy (non-hydrogen) atoms. The van der Waals surface area contributed by atoms with Gasteiger partial charge in [-0.2, -0.15) is 0 Å². The van der Waals surface area contributed by atoms with Gasteiger partial charge in [-0.3, -0.25) is 0 Å². The van der Waals surface area contributed by atoms with Gasteiger partial charge in [0.25, 0.3) is 0 Å². The number of hydrogen-bond acceptors (Lipinski definition) is 2. The molecule has 1 saturated heterocycles. The molecule has 1 fully saturated rings. The highest BCUT2D eigenvalue weighted by Gasteiger charge is 2.37. The van der Waals surface area contributed by atoms with Gasteiger partial charge in [0.2, 0.25) is 0 Å². The van der Waals surface area contributed by atoms with Crippen LogP contribution in [0.5, 0.6) is 0 Å². The van der Waals surface area contributed by atoms with Crippen molar-refractivity contribution in [1.82, 2.24) is 0 Å². The average Bonchev–Trinajstić information content (AvgIpc) is 2.15. The Kier molecular flexibility index (Phi) is 3.70. The van der Waals surface area contributed by atoms with Crippen molar-refractivity contribution < 1.29 is 9.47 Å². The van der Waals surface area contributed by atoms with E-state index in [2.05, 4.69) is 33.8 Å². The van der Waals surface area contributed by atoms with E-state index in [-0.39, 0.29) is 6.29 Å². The van der Waals surface area contributed by atoms with Gasteiger partial charge in [0.15, 0.2) is 6.29 Å². The minimum absolute atomic E-state index is 0.0121. The third-order valence-electron chi connectivity index (χ3n) is 3.94. The molecule has 2 rings (SSSR count). The fraction of sp³-hybridized carbons (Fsp3) is 0.857. The lowest BCUT2D eigenvalue weighted by Gasteiger charge is -2.41. The first kappa shape index (κ1) is 12.1. The first-order valence-corrected chi connectivity index (χ1v) is 6.52. The summed E-state index contributed by atoms with van der Waals surface area (Å²) in [5, 5.41) is 0. The molecule has 1 heterocycles. The number of hydrogen-bond donors (Lipinski definition) is 0. The van der Waals surface area contributed by atoms with Gasteiger partial charge in [-0.05, 0) is 38.5 Å². The van der Waals surface area contributed by atoms with Crippen molar-refractivity contribution in [2.75, 3.05) is 6.61 Å². The second-order valence-electron chi connectivity index (χ2n) is 5.61. The Labute approximate surface area is 99.0 Å². The van der Waals surface area contributed by atoms with Gasteiger partial charge in [0.1, 0.15) is 0 Å². The van der Waals surface area contributed by atoms with Gasteiger partial charge >= 0.3 is 0 Å². The van der Waals surface area contributed by atoms with Crippen LogP contribution in [-0.2, 0) is 9.47 Å². The molecule has 1 aliphatic carbocycles. The largest absolute Gasteiger partial charge is 0.352 e. The van der Waals surface area contributed by atoms with Crippen molar-refractivity contribution in [2.24, 2.45) is 17.8 Å². The van der Waals surface area contributed by atoms with Gasteiger partial charge in [0, 0.05) is 5.92 Å². The number of ether oxygens (including phenoxy) is 2. The Morgan fingerprint density at radius 2 is 2.00 bits per heavy atom. The van der Waals surface area contributed by atoms with Crippen molar-refractivity contribution >= 4 is 0 Å². The van der Waals surface area contributed by atoms with E-state index in [0.717, 1.165) is 13.0 Å². The van der Waals surface area contributed by atoms with E-state index in [4.69, 9.17) is 9.47 Å². The second-order valence-corrected chi connectivity index (χ2v) is 5.61. The first-order valence-electron chi connectivity index (χ1n) is 6.52. The van der Waals surface area contributed by atoms with Gasteiger partial charge in [-0.15, -0.1) is 0 Å². The average molecular weight is 224 g/mol. The summed E-state index contributed by atoms with van der Waals surface area (Å²) in [6.45, 7) is 9.84. The Morgan fingerprint density at radius 3 is 2.62 bits per heavy atom. The van der Waals surface area contributed by atoms with Gasteiger partial charge in [-0.25, -0.2) is 0 Å². The van der Waals surface area contributed by atoms with Crippen LogP contribution in [0, 0.1) is 17.8 Å². The highest BCUT2D eigenvalue weighted by atomic mass is 16.7. The van der Waals surface area contributed by atoms with Crippen LogP contribution in [0.4, 0.5) is 0 Å². The van der Waals surface area contributed by atoms with E-state index in [1.54, 1.807) is 0 Å². The molecule has 0 unspecified atom stereocenters. The molecule has 2 heteroatoms. The topological polar surface area (TPSA) is 18.5 Å². The molecular formula is C14H24O2. The summed E-state index contributed by atoms with van der Waals surface area (Å²) in [7, 11) is 0. The smallest absolute Gasteiger partial charge is 0.161 e. The normalized spacial score (nSPS) is 45.2. The van der Waals surface area contributed by atoms with Crippen LogP contribution in [0.2, 0.25) is 0 Å². The van der Waals surface area contributed by atoms with Crippen LogP contribution in [0.3, 0.4) is 0 Å². The van der Waals surface area contributed by atoms with Crippen molar-refractivity contribution in [3.05, 3.63) is 11.6 Å². The Bertz CT molecular complexity index is 272. The van der Waals surface area contributed by atoms with E-state index >= 15 is 0 Å². The maximum absolute atomic E-state index is 5.95. The van der Waals surface area contributed by atoms with Crippen LogP contribution >= 0.6 is 0 Å². The summed E-state index contributed by atoms with van der Waals surface area (Å²) in [6.07, 6.45) is 4.97. The second kappa shape index (κ2) is 4.89. The van der Waals surface area contributed by atoms with Gasteiger partial charge in [0.05, 0.1) is 12.7 Å². The highest BCUT2D eigenvalue weighted by molar-refractivity contribution is 5.08. The molecule has 2 nitrogen and oxygen atoms in total. The van der Waals surface area contributed by atoms with Crippen molar-refractivity contribution in [2.45, 2.75) is 52.9 Å². The predicted molar refractivity (Wildman–Crippen MR) is 65.1 cm³/mol. The third kappa shape index (κ3) is 2.49. The standard InChI is InChI=1S/C14H24O2/c1-9-7-10(2)13(11(3)8-9)14-15-6-5-12(4)16-14/h7,10-14H,5-6,8H2,1-4H3/t10-,11+,12-,13-,14+/m0/s1. The molecule has 0 aromatic carbocycles. The van der Waals surface area contributed by atoms with Gasteiger partial charge < -0.3 is 9.47 Å². The van der Waals surface area contributed by atoms with E-state index in [1.807, 2.05) is 0 Å². The van der Waals surface area contributed by atoms with E-state index in [0.29, 0.717) is 23.9 Å². The monoisotopic (exact) mass is 224 g/mol. The Morgan fingerprint density at radius 1 is 1.25 bits per heavy atom. The quantitative estimate of drug-likeness (QED) is 0.636. The molecule has 0 aromatic rings. The molecule has 0 aromatic heterocycles. The molecule has 0 bridgehead atoms. The van der Waals surface area contributed by atoms with E-state index in [9.17, 15) is 0 Å². The summed E-state index contributed by atoms with van der Waals surface area (Å²) >= 11 is 0.